The normalized spacial score (nSPS) is 17.0. The van der Waals surface area contributed by atoms with E-state index in [0.717, 1.165) is 6.07 Å². The second kappa shape index (κ2) is 9.42. The van der Waals surface area contributed by atoms with Crippen LogP contribution in [0.2, 0.25) is 0 Å². The van der Waals surface area contributed by atoms with Crippen LogP contribution in [-0.2, 0) is 4.74 Å². The number of anilines is 2. The zero-order valence-corrected chi connectivity index (χ0v) is 19.5. The lowest BCUT2D eigenvalue weighted by molar-refractivity contribution is 0.0517. The van der Waals surface area contributed by atoms with E-state index < -0.39 is 17.7 Å². The summed E-state index contributed by atoms with van der Waals surface area (Å²) in [5.41, 5.74) is 1.09. The average molecular weight is 472 g/mol. The highest BCUT2D eigenvalue weighted by atomic mass is 19.1. The third-order valence-corrected chi connectivity index (χ3v) is 5.76. The van der Waals surface area contributed by atoms with Gasteiger partial charge in [-0.3, -0.25) is 9.59 Å². The molecule has 4 rings (SSSR count). The Morgan fingerprint density at radius 1 is 1.15 bits per heavy atom. The van der Waals surface area contributed by atoms with Crippen LogP contribution in [0.5, 0.6) is 0 Å². The van der Waals surface area contributed by atoms with Gasteiger partial charge in [-0.15, -0.1) is 0 Å². The minimum Gasteiger partial charge on any atom is -0.440 e. The van der Waals surface area contributed by atoms with Crippen molar-refractivity contribution in [2.75, 3.05) is 44.0 Å². The number of carbonyl (C=O) groups is 1. The summed E-state index contributed by atoms with van der Waals surface area (Å²) in [7, 11) is 3.24. The summed E-state index contributed by atoms with van der Waals surface area (Å²) in [5.74, 6) is -1.31. The van der Waals surface area contributed by atoms with E-state index in [9.17, 15) is 18.4 Å². The van der Waals surface area contributed by atoms with E-state index in [-0.39, 0.29) is 28.5 Å². The summed E-state index contributed by atoms with van der Waals surface area (Å²) in [6.45, 7) is 5.36. The van der Waals surface area contributed by atoms with Gasteiger partial charge in [0, 0.05) is 56.1 Å². The van der Waals surface area contributed by atoms with Crippen LogP contribution in [0.15, 0.2) is 45.6 Å². The van der Waals surface area contributed by atoms with Gasteiger partial charge in [0.1, 0.15) is 17.2 Å². The number of hydrogen-bond donors (Lipinski definition) is 1. The second-order valence-electron chi connectivity index (χ2n) is 8.74. The van der Waals surface area contributed by atoms with E-state index in [1.807, 2.05) is 11.8 Å². The highest BCUT2D eigenvalue weighted by Gasteiger charge is 2.23. The fourth-order valence-electron chi connectivity index (χ4n) is 4.11. The Labute approximate surface area is 195 Å². The summed E-state index contributed by atoms with van der Waals surface area (Å²) >= 11 is 0. The van der Waals surface area contributed by atoms with Crippen LogP contribution in [0.1, 0.15) is 35.8 Å². The molecule has 0 aliphatic carbocycles. The molecule has 180 valence electrons. The summed E-state index contributed by atoms with van der Waals surface area (Å²) < 4.78 is 39.3. The number of nitrogens with zero attached hydrogens (tertiary/aromatic N) is 2. The lowest BCUT2D eigenvalue weighted by Gasteiger charge is -2.31. The standard InChI is InChI=1S/C25H27F2N3O4/c1-14-13-30(5-6-33-14)23-12-22(31)21-8-16(25(32)29(3)4)7-20(24(21)34-23)15(2)28-19-10-17(26)9-18(27)11-19/h7-12,14-15,28H,5-6,13H2,1-4H3/t14-,15-/m1/s1. The molecule has 0 bridgehead atoms. The molecule has 0 radical (unpaired) electrons. The number of rotatable bonds is 5. The Kier molecular flexibility index (Phi) is 6.56. The number of ether oxygens (including phenoxy) is 1. The van der Waals surface area contributed by atoms with Crippen LogP contribution >= 0.6 is 0 Å². The van der Waals surface area contributed by atoms with Crippen LogP contribution in [0, 0.1) is 11.6 Å². The third kappa shape index (κ3) is 4.89. The molecular formula is C25H27F2N3O4. The fourth-order valence-corrected chi connectivity index (χ4v) is 4.11. The molecule has 1 aliphatic heterocycles. The van der Waals surface area contributed by atoms with Crippen LogP contribution < -0.4 is 15.6 Å². The smallest absolute Gasteiger partial charge is 0.253 e. The van der Waals surface area contributed by atoms with Gasteiger partial charge in [-0.25, -0.2) is 8.78 Å². The Morgan fingerprint density at radius 3 is 2.50 bits per heavy atom. The first-order valence-electron chi connectivity index (χ1n) is 11.0. The van der Waals surface area contributed by atoms with Gasteiger partial charge in [-0.05, 0) is 38.1 Å². The van der Waals surface area contributed by atoms with Crippen molar-refractivity contribution in [2.45, 2.75) is 26.0 Å². The lowest BCUT2D eigenvalue weighted by atomic mass is 9.99. The Bertz CT molecular complexity index is 1270. The molecule has 0 unspecified atom stereocenters. The minimum absolute atomic E-state index is 0.0160. The van der Waals surface area contributed by atoms with Gasteiger partial charge in [0.2, 0.25) is 0 Å². The third-order valence-electron chi connectivity index (χ3n) is 5.76. The maximum atomic E-state index is 13.7. The molecule has 0 spiro atoms. The maximum Gasteiger partial charge on any atom is 0.253 e. The van der Waals surface area contributed by atoms with Gasteiger partial charge in [0.15, 0.2) is 11.3 Å². The fraction of sp³-hybridized carbons (Fsp3) is 0.360. The van der Waals surface area contributed by atoms with Gasteiger partial charge >= 0.3 is 0 Å². The van der Waals surface area contributed by atoms with Crippen molar-refractivity contribution in [1.82, 2.24) is 4.90 Å². The van der Waals surface area contributed by atoms with E-state index in [4.69, 9.17) is 9.15 Å². The number of benzene rings is 2. The van der Waals surface area contributed by atoms with E-state index in [1.54, 1.807) is 27.1 Å². The van der Waals surface area contributed by atoms with Crippen LogP contribution in [0.3, 0.4) is 0 Å². The molecule has 2 heterocycles. The largest absolute Gasteiger partial charge is 0.440 e. The summed E-state index contributed by atoms with van der Waals surface area (Å²) in [6, 6.07) is 7.19. The van der Waals surface area contributed by atoms with Gasteiger partial charge in [-0.1, -0.05) is 0 Å². The van der Waals surface area contributed by atoms with Crippen molar-refractivity contribution in [3.63, 3.8) is 0 Å². The van der Waals surface area contributed by atoms with Crippen molar-refractivity contribution < 1.29 is 22.7 Å². The monoisotopic (exact) mass is 471 g/mol. The van der Waals surface area contributed by atoms with Crippen molar-refractivity contribution >= 4 is 28.4 Å². The number of amides is 1. The van der Waals surface area contributed by atoms with Crippen LogP contribution in [0.4, 0.5) is 20.4 Å². The lowest BCUT2D eigenvalue weighted by Crippen LogP contribution is -2.41. The zero-order valence-electron chi connectivity index (χ0n) is 19.5. The van der Waals surface area contributed by atoms with Crippen molar-refractivity contribution in [1.29, 1.82) is 0 Å². The average Bonchev–Trinajstić information content (AvgIpc) is 2.77. The summed E-state index contributed by atoms with van der Waals surface area (Å²) in [4.78, 5) is 29.2. The molecule has 1 N–H and O–H groups in total. The Morgan fingerprint density at radius 2 is 1.85 bits per heavy atom. The number of carbonyl (C=O) groups excluding carboxylic acids is 1. The molecule has 2 atom stereocenters. The van der Waals surface area contributed by atoms with E-state index in [0.29, 0.717) is 42.3 Å². The summed E-state index contributed by atoms with van der Waals surface area (Å²) in [5, 5.41) is 3.31. The van der Waals surface area contributed by atoms with E-state index in [2.05, 4.69) is 5.32 Å². The molecule has 7 nitrogen and oxygen atoms in total. The summed E-state index contributed by atoms with van der Waals surface area (Å²) in [6.07, 6.45) is -0.0160. The van der Waals surface area contributed by atoms with Crippen LogP contribution in [-0.4, -0.2) is 50.7 Å². The molecule has 3 aromatic rings. The number of hydrogen-bond acceptors (Lipinski definition) is 6. The second-order valence-corrected chi connectivity index (χ2v) is 8.74. The number of nitrogens with one attached hydrogen (secondary N) is 1. The molecule has 0 saturated carbocycles. The molecule has 34 heavy (non-hydrogen) atoms. The number of fused-ring (bicyclic) bond motifs is 1. The van der Waals surface area contributed by atoms with Gasteiger partial charge in [0.25, 0.3) is 5.91 Å². The molecule has 1 aliphatic rings. The highest BCUT2D eigenvalue weighted by Crippen LogP contribution is 2.31. The van der Waals surface area contributed by atoms with Gasteiger partial charge < -0.3 is 24.3 Å². The predicted molar refractivity (Wildman–Crippen MR) is 127 cm³/mol. The zero-order chi connectivity index (χ0) is 24.6. The van der Waals surface area contributed by atoms with Crippen molar-refractivity contribution in [3.8, 4) is 0 Å². The first kappa shape index (κ1) is 23.7. The predicted octanol–water partition coefficient (Wildman–Crippen LogP) is 4.17. The molecule has 1 amide bonds. The Balaban J connectivity index is 1.85. The number of halogens is 2. The van der Waals surface area contributed by atoms with Gasteiger partial charge in [0.05, 0.1) is 24.1 Å². The van der Waals surface area contributed by atoms with Gasteiger partial charge in [-0.2, -0.15) is 0 Å². The first-order chi connectivity index (χ1) is 16.1. The maximum absolute atomic E-state index is 13.7. The van der Waals surface area contributed by atoms with E-state index in [1.165, 1.54) is 29.2 Å². The quantitative estimate of drug-likeness (QED) is 0.602. The topological polar surface area (TPSA) is 75.0 Å². The molecule has 1 fully saturated rings. The molecular weight excluding hydrogens is 444 g/mol. The molecule has 2 aromatic carbocycles. The van der Waals surface area contributed by atoms with Crippen molar-refractivity contribution in [3.05, 3.63) is 69.4 Å². The molecule has 1 saturated heterocycles. The molecule has 9 heteroatoms. The highest BCUT2D eigenvalue weighted by molar-refractivity contribution is 5.98. The molecule has 1 aromatic heterocycles. The van der Waals surface area contributed by atoms with E-state index >= 15 is 0 Å². The Hall–Kier alpha value is -3.46. The van der Waals surface area contributed by atoms with Crippen molar-refractivity contribution in [2.24, 2.45) is 0 Å². The SMILES string of the molecule is C[C@@H]1CN(c2cc(=O)c3cc(C(=O)N(C)C)cc([C@@H](C)Nc4cc(F)cc(F)c4)c3o2)CCO1. The number of morpholine rings is 1. The first-order valence-corrected chi connectivity index (χ1v) is 11.0. The minimum atomic E-state index is -0.716. The van der Waals surface area contributed by atoms with Crippen LogP contribution in [0.25, 0.3) is 11.0 Å².